The highest BCUT2D eigenvalue weighted by Gasteiger charge is 2.24. The van der Waals surface area contributed by atoms with E-state index in [1.165, 1.54) is 0 Å². The van der Waals surface area contributed by atoms with Gasteiger partial charge >= 0.3 is 0 Å². The van der Waals surface area contributed by atoms with Gasteiger partial charge in [0.15, 0.2) is 0 Å². The smallest absolute Gasteiger partial charge is 0.252 e. The Labute approximate surface area is 177 Å². The Hall–Kier alpha value is -3.60. The molecule has 0 saturated carbocycles. The van der Waals surface area contributed by atoms with Crippen molar-refractivity contribution in [1.82, 2.24) is 10.6 Å². The van der Waals surface area contributed by atoms with Gasteiger partial charge in [0.1, 0.15) is 11.8 Å². The van der Waals surface area contributed by atoms with Gasteiger partial charge in [-0.05, 0) is 49.2 Å². The van der Waals surface area contributed by atoms with Gasteiger partial charge < -0.3 is 15.4 Å². The minimum Gasteiger partial charge on any atom is -0.494 e. The molecule has 2 N–H and O–H groups in total. The highest BCUT2D eigenvalue weighted by atomic mass is 16.5. The number of nitrogens with one attached hydrogen (secondary N) is 2. The van der Waals surface area contributed by atoms with Crippen LogP contribution >= 0.6 is 0 Å². The second-order valence-electron chi connectivity index (χ2n) is 6.92. The van der Waals surface area contributed by atoms with E-state index in [1.807, 2.05) is 74.5 Å². The third-order valence-electron chi connectivity index (χ3n) is 4.76. The Morgan fingerprint density at radius 3 is 2.00 bits per heavy atom. The monoisotopic (exact) mass is 402 g/mol. The first kappa shape index (κ1) is 21.1. The van der Waals surface area contributed by atoms with Crippen molar-refractivity contribution in [3.05, 3.63) is 102 Å². The van der Waals surface area contributed by atoms with Crippen LogP contribution in [0.4, 0.5) is 0 Å². The minimum atomic E-state index is -0.802. The van der Waals surface area contributed by atoms with Crippen molar-refractivity contribution >= 4 is 11.8 Å². The first-order valence-corrected chi connectivity index (χ1v) is 10.0. The molecule has 0 fully saturated rings. The van der Waals surface area contributed by atoms with Crippen LogP contribution < -0.4 is 15.4 Å². The molecule has 0 aliphatic heterocycles. The molecular formula is C25H26N2O3. The van der Waals surface area contributed by atoms with E-state index >= 15 is 0 Å². The molecule has 3 aromatic rings. The molecule has 2 atom stereocenters. The molecule has 3 rings (SSSR count). The van der Waals surface area contributed by atoms with Gasteiger partial charge in [-0.15, -0.1) is 0 Å². The van der Waals surface area contributed by atoms with Crippen LogP contribution in [0.2, 0.25) is 0 Å². The van der Waals surface area contributed by atoms with Gasteiger partial charge in [-0.3, -0.25) is 9.59 Å². The molecule has 30 heavy (non-hydrogen) atoms. The summed E-state index contributed by atoms with van der Waals surface area (Å²) < 4.78 is 5.47. The van der Waals surface area contributed by atoms with Crippen molar-refractivity contribution in [2.24, 2.45) is 0 Å². The van der Waals surface area contributed by atoms with Gasteiger partial charge in [-0.25, -0.2) is 0 Å². The molecule has 0 bridgehead atoms. The van der Waals surface area contributed by atoms with E-state index in [2.05, 4.69) is 10.6 Å². The molecule has 0 saturated heterocycles. The maximum Gasteiger partial charge on any atom is 0.252 e. The molecule has 5 nitrogen and oxygen atoms in total. The molecule has 0 aliphatic carbocycles. The molecule has 0 aliphatic rings. The lowest BCUT2D eigenvalue weighted by molar-refractivity contribution is -0.123. The van der Waals surface area contributed by atoms with Crippen LogP contribution in [-0.2, 0) is 4.79 Å². The van der Waals surface area contributed by atoms with E-state index in [1.54, 1.807) is 24.3 Å². The van der Waals surface area contributed by atoms with Crippen LogP contribution in [0.25, 0.3) is 0 Å². The standard InChI is InChI=1S/C25H26N2O3/c1-3-30-22-16-14-19(15-17-22)18(2)26-25(29)23(20-10-6-4-7-11-20)27-24(28)21-12-8-5-9-13-21/h4-18,23H,3H2,1-2H3,(H,26,29)(H,27,28). The number of ether oxygens (including phenoxy) is 1. The fourth-order valence-electron chi connectivity index (χ4n) is 3.15. The van der Waals surface area contributed by atoms with Gasteiger partial charge in [0, 0.05) is 5.56 Å². The van der Waals surface area contributed by atoms with Gasteiger partial charge in [0.2, 0.25) is 5.91 Å². The second kappa shape index (κ2) is 10.3. The van der Waals surface area contributed by atoms with E-state index in [0.29, 0.717) is 12.2 Å². The van der Waals surface area contributed by atoms with Crippen LogP contribution in [0, 0.1) is 0 Å². The predicted molar refractivity (Wildman–Crippen MR) is 117 cm³/mol. The van der Waals surface area contributed by atoms with Crippen LogP contribution in [0.15, 0.2) is 84.9 Å². The van der Waals surface area contributed by atoms with Gasteiger partial charge in [-0.1, -0.05) is 60.7 Å². The molecule has 0 aromatic heterocycles. The summed E-state index contributed by atoms with van der Waals surface area (Å²) in [6.45, 7) is 4.45. The molecule has 2 unspecified atom stereocenters. The van der Waals surface area contributed by atoms with Gasteiger partial charge in [0.05, 0.1) is 12.6 Å². The van der Waals surface area contributed by atoms with Gasteiger partial charge in [0.25, 0.3) is 5.91 Å². The summed E-state index contributed by atoms with van der Waals surface area (Å²) in [5, 5.41) is 5.87. The maximum absolute atomic E-state index is 13.1. The Morgan fingerprint density at radius 2 is 1.40 bits per heavy atom. The van der Waals surface area contributed by atoms with Crippen LogP contribution in [-0.4, -0.2) is 18.4 Å². The van der Waals surface area contributed by atoms with Crippen molar-refractivity contribution in [3.8, 4) is 5.75 Å². The molecule has 154 valence electrons. The van der Waals surface area contributed by atoms with Crippen molar-refractivity contribution in [2.45, 2.75) is 25.9 Å². The molecular weight excluding hydrogens is 376 g/mol. The number of carbonyl (C=O) groups is 2. The number of amides is 2. The third-order valence-corrected chi connectivity index (χ3v) is 4.76. The normalized spacial score (nSPS) is 12.5. The predicted octanol–water partition coefficient (Wildman–Crippen LogP) is 4.43. The van der Waals surface area contributed by atoms with Crippen molar-refractivity contribution in [2.75, 3.05) is 6.61 Å². The summed E-state index contributed by atoms with van der Waals surface area (Å²) >= 11 is 0. The van der Waals surface area contributed by atoms with Crippen LogP contribution in [0.3, 0.4) is 0 Å². The summed E-state index contributed by atoms with van der Waals surface area (Å²) in [6.07, 6.45) is 0. The highest BCUT2D eigenvalue weighted by Crippen LogP contribution is 2.20. The number of hydrogen-bond acceptors (Lipinski definition) is 3. The van der Waals surface area contributed by atoms with E-state index in [0.717, 1.165) is 16.9 Å². The Kier molecular flexibility index (Phi) is 7.22. The zero-order chi connectivity index (χ0) is 21.3. The maximum atomic E-state index is 13.1. The molecule has 3 aromatic carbocycles. The summed E-state index contributed by atoms with van der Waals surface area (Å²) in [7, 11) is 0. The van der Waals surface area contributed by atoms with Crippen molar-refractivity contribution in [1.29, 1.82) is 0 Å². The lowest BCUT2D eigenvalue weighted by Gasteiger charge is -2.22. The Bertz CT molecular complexity index is 957. The summed E-state index contributed by atoms with van der Waals surface area (Å²) in [4.78, 5) is 25.8. The number of hydrogen-bond donors (Lipinski definition) is 2. The Morgan fingerprint density at radius 1 is 0.800 bits per heavy atom. The van der Waals surface area contributed by atoms with E-state index in [4.69, 9.17) is 4.74 Å². The molecule has 2 amide bonds. The summed E-state index contributed by atoms with van der Waals surface area (Å²) in [5.41, 5.74) is 2.18. The molecule has 0 spiro atoms. The largest absolute Gasteiger partial charge is 0.494 e. The topological polar surface area (TPSA) is 67.4 Å². The van der Waals surface area contributed by atoms with E-state index < -0.39 is 6.04 Å². The van der Waals surface area contributed by atoms with E-state index in [9.17, 15) is 9.59 Å². The SMILES string of the molecule is CCOc1ccc(C(C)NC(=O)C(NC(=O)c2ccccc2)c2ccccc2)cc1. The summed E-state index contributed by atoms with van der Waals surface area (Å²) in [5.74, 6) is 0.220. The number of benzene rings is 3. The zero-order valence-corrected chi connectivity index (χ0v) is 17.2. The molecule has 0 radical (unpaired) electrons. The van der Waals surface area contributed by atoms with Crippen LogP contribution in [0.5, 0.6) is 5.75 Å². The minimum absolute atomic E-state index is 0.229. The first-order chi connectivity index (χ1) is 14.6. The van der Waals surface area contributed by atoms with Crippen molar-refractivity contribution in [3.63, 3.8) is 0 Å². The molecule has 5 heteroatoms. The number of rotatable bonds is 8. The first-order valence-electron chi connectivity index (χ1n) is 10.0. The van der Waals surface area contributed by atoms with Gasteiger partial charge in [-0.2, -0.15) is 0 Å². The quantitative estimate of drug-likeness (QED) is 0.586. The second-order valence-corrected chi connectivity index (χ2v) is 6.92. The van der Waals surface area contributed by atoms with Crippen LogP contribution in [0.1, 0.15) is 47.4 Å². The highest BCUT2D eigenvalue weighted by molar-refractivity contribution is 5.97. The third kappa shape index (κ3) is 5.47. The molecule has 0 heterocycles. The van der Waals surface area contributed by atoms with E-state index in [-0.39, 0.29) is 17.9 Å². The number of carbonyl (C=O) groups excluding carboxylic acids is 2. The lowest BCUT2D eigenvalue weighted by atomic mass is 10.0. The average molecular weight is 402 g/mol. The lowest BCUT2D eigenvalue weighted by Crippen LogP contribution is -2.41. The summed E-state index contributed by atoms with van der Waals surface area (Å²) in [6, 6.07) is 24.7. The average Bonchev–Trinajstić information content (AvgIpc) is 2.79. The fourth-order valence-corrected chi connectivity index (χ4v) is 3.15. The van der Waals surface area contributed by atoms with Crippen molar-refractivity contribution < 1.29 is 14.3 Å². The zero-order valence-electron chi connectivity index (χ0n) is 17.2. The Balaban J connectivity index is 1.75. The fraction of sp³-hybridized carbons (Fsp3) is 0.200.